The summed E-state index contributed by atoms with van der Waals surface area (Å²) in [5.41, 5.74) is 2.31. The number of carbonyl (C=O) groups excluding carboxylic acids is 1. The maximum absolute atomic E-state index is 13.3. The lowest BCUT2D eigenvalue weighted by Gasteiger charge is -2.31. The lowest BCUT2D eigenvalue weighted by Crippen LogP contribution is -2.42. The maximum atomic E-state index is 13.3. The minimum atomic E-state index is -2.55. The van der Waals surface area contributed by atoms with Gasteiger partial charge >= 0.3 is 0 Å². The van der Waals surface area contributed by atoms with Gasteiger partial charge in [0, 0.05) is 22.2 Å². The maximum Gasteiger partial charge on any atom is 0.225 e. The van der Waals surface area contributed by atoms with E-state index in [0.717, 1.165) is 18.4 Å². The minimum Gasteiger partial charge on any atom is -0.432 e. The van der Waals surface area contributed by atoms with E-state index in [2.05, 4.69) is 53.8 Å². The highest BCUT2D eigenvalue weighted by Gasteiger charge is 2.50. The summed E-state index contributed by atoms with van der Waals surface area (Å²) in [7, 11) is -2.55. The first-order valence-electron chi connectivity index (χ1n) is 11.7. The molecule has 1 heterocycles. The molecule has 0 aromatic heterocycles. The van der Waals surface area contributed by atoms with Gasteiger partial charge in [-0.15, -0.1) is 0 Å². The third kappa shape index (κ3) is 7.36. The molecule has 7 heteroatoms. The summed E-state index contributed by atoms with van der Waals surface area (Å²) in [4.78, 5) is 26.0. The minimum absolute atomic E-state index is 0.00457. The molecule has 1 fully saturated rings. The molecule has 180 valence electrons. The van der Waals surface area contributed by atoms with Crippen molar-refractivity contribution in [1.82, 2.24) is 4.90 Å². The standard InChI is InChI=1S/C26H36INO4Si/c1-19-23(13-12-20-10-7-11-22(27)16-20)32-24(26(19)33(2,3)31)17-25(30)28(14-15-29)18-21-8-5-4-6-9-21/h4-11,16,19,23-24,26,29,31H,12-15,17-18H2,1-3H3/t19-,23+,24-,26+/m1/s1. The molecular weight excluding hydrogens is 545 g/mol. The number of carbonyl (C=O) groups is 1. The average Bonchev–Trinajstić information content (AvgIpc) is 3.07. The molecule has 0 bridgehead atoms. The quantitative estimate of drug-likeness (QED) is 0.318. The van der Waals surface area contributed by atoms with Crippen LogP contribution in [-0.2, 0) is 22.5 Å². The summed E-state index contributed by atoms with van der Waals surface area (Å²) in [6.45, 7) is 6.73. The Bertz CT molecular complexity index is 905. The largest absolute Gasteiger partial charge is 0.432 e. The molecule has 1 saturated heterocycles. The Labute approximate surface area is 212 Å². The number of hydrogen-bond donors (Lipinski definition) is 2. The number of aliphatic hydroxyl groups is 1. The molecule has 33 heavy (non-hydrogen) atoms. The van der Waals surface area contributed by atoms with Crippen LogP contribution in [0.25, 0.3) is 0 Å². The lowest BCUT2D eigenvalue weighted by atomic mass is 9.95. The van der Waals surface area contributed by atoms with Crippen LogP contribution in [0.4, 0.5) is 0 Å². The van der Waals surface area contributed by atoms with Crippen LogP contribution >= 0.6 is 22.6 Å². The summed E-state index contributed by atoms with van der Waals surface area (Å²) in [5.74, 6) is 0.157. The second kappa shape index (κ2) is 11.9. The molecule has 4 atom stereocenters. The number of aryl methyl sites for hydroxylation is 1. The Morgan fingerprint density at radius 1 is 1.09 bits per heavy atom. The van der Waals surface area contributed by atoms with Gasteiger partial charge in [0.25, 0.3) is 0 Å². The van der Waals surface area contributed by atoms with Crippen LogP contribution in [0, 0.1) is 9.49 Å². The number of nitrogens with zero attached hydrogens (tertiary/aromatic N) is 1. The van der Waals surface area contributed by atoms with Crippen molar-refractivity contribution in [3.63, 3.8) is 0 Å². The SMILES string of the molecule is C[C@H]1[C@H]([Si](C)(C)O)[C@@H](CC(=O)N(CCO)Cc2ccccc2)O[C@H]1CCc1cccc(I)c1. The van der Waals surface area contributed by atoms with E-state index >= 15 is 0 Å². The Balaban J connectivity index is 1.69. The number of rotatable bonds is 10. The number of aliphatic hydroxyl groups excluding tert-OH is 1. The Morgan fingerprint density at radius 2 is 1.79 bits per heavy atom. The van der Waals surface area contributed by atoms with Crippen molar-refractivity contribution >= 4 is 36.8 Å². The van der Waals surface area contributed by atoms with Crippen molar-refractivity contribution < 1.29 is 19.4 Å². The fourth-order valence-electron chi connectivity index (χ4n) is 5.13. The zero-order valence-corrected chi connectivity index (χ0v) is 22.9. The summed E-state index contributed by atoms with van der Waals surface area (Å²) in [6, 6.07) is 18.3. The van der Waals surface area contributed by atoms with Gasteiger partial charge in [0.1, 0.15) is 0 Å². The lowest BCUT2D eigenvalue weighted by molar-refractivity contribution is -0.135. The summed E-state index contributed by atoms with van der Waals surface area (Å²) >= 11 is 2.33. The van der Waals surface area contributed by atoms with Crippen LogP contribution in [0.1, 0.15) is 30.9 Å². The first-order chi connectivity index (χ1) is 15.7. The average molecular weight is 582 g/mol. The highest BCUT2D eigenvalue weighted by Crippen LogP contribution is 2.45. The molecule has 1 aliphatic heterocycles. The topological polar surface area (TPSA) is 70.0 Å². The third-order valence-electron chi connectivity index (χ3n) is 6.64. The summed E-state index contributed by atoms with van der Waals surface area (Å²) in [5, 5.41) is 9.53. The van der Waals surface area contributed by atoms with Crippen molar-refractivity contribution in [2.24, 2.45) is 5.92 Å². The van der Waals surface area contributed by atoms with Crippen LogP contribution < -0.4 is 0 Å². The molecule has 3 rings (SSSR count). The van der Waals surface area contributed by atoms with E-state index in [1.54, 1.807) is 4.90 Å². The first-order valence-corrected chi connectivity index (χ1v) is 15.8. The van der Waals surface area contributed by atoms with Crippen LogP contribution in [-0.4, -0.2) is 54.4 Å². The highest BCUT2D eigenvalue weighted by atomic mass is 127. The molecule has 2 N–H and O–H groups in total. The first kappa shape index (κ1) is 26.3. The van der Waals surface area contributed by atoms with Gasteiger partial charge in [0.2, 0.25) is 5.91 Å². The van der Waals surface area contributed by atoms with E-state index in [-0.39, 0.29) is 49.1 Å². The second-order valence-electron chi connectivity index (χ2n) is 9.65. The molecule has 1 amide bonds. The van der Waals surface area contributed by atoms with E-state index in [1.165, 1.54) is 9.13 Å². The second-order valence-corrected chi connectivity index (χ2v) is 14.9. The molecular formula is C26H36INO4Si. The molecule has 0 aliphatic carbocycles. The number of halogens is 1. The molecule has 2 aromatic carbocycles. The van der Waals surface area contributed by atoms with E-state index in [0.29, 0.717) is 6.54 Å². The molecule has 0 radical (unpaired) electrons. The monoisotopic (exact) mass is 581 g/mol. The summed E-state index contributed by atoms with van der Waals surface area (Å²) in [6.07, 6.45) is 1.75. The third-order valence-corrected chi connectivity index (χ3v) is 9.84. The number of ether oxygens (including phenoxy) is 1. The van der Waals surface area contributed by atoms with Gasteiger partial charge in [0.05, 0.1) is 25.2 Å². The van der Waals surface area contributed by atoms with Crippen LogP contribution in [0.15, 0.2) is 54.6 Å². The van der Waals surface area contributed by atoms with E-state index in [4.69, 9.17) is 4.74 Å². The normalized spacial score (nSPS) is 23.0. The van der Waals surface area contributed by atoms with Crippen molar-refractivity contribution in [3.8, 4) is 0 Å². The van der Waals surface area contributed by atoms with Crippen LogP contribution in [0.5, 0.6) is 0 Å². The highest BCUT2D eigenvalue weighted by molar-refractivity contribution is 14.1. The smallest absolute Gasteiger partial charge is 0.225 e. The van der Waals surface area contributed by atoms with Gasteiger partial charge in [0.15, 0.2) is 8.32 Å². The van der Waals surface area contributed by atoms with E-state index < -0.39 is 8.32 Å². The molecule has 0 spiro atoms. The predicted molar refractivity (Wildman–Crippen MR) is 142 cm³/mol. The molecule has 1 aliphatic rings. The Hall–Kier alpha value is -1.26. The Kier molecular flexibility index (Phi) is 9.52. The Morgan fingerprint density at radius 3 is 2.42 bits per heavy atom. The van der Waals surface area contributed by atoms with Crippen molar-refractivity contribution in [1.29, 1.82) is 0 Å². The van der Waals surface area contributed by atoms with Gasteiger partial charge in [-0.05, 0) is 77.7 Å². The molecule has 5 nitrogen and oxygen atoms in total. The van der Waals surface area contributed by atoms with Gasteiger partial charge in [-0.3, -0.25) is 4.79 Å². The predicted octanol–water partition coefficient (Wildman–Crippen LogP) is 4.61. The number of benzene rings is 2. The van der Waals surface area contributed by atoms with E-state index in [1.807, 2.05) is 43.4 Å². The van der Waals surface area contributed by atoms with Gasteiger partial charge in [-0.1, -0.05) is 49.4 Å². The number of amides is 1. The number of hydrogen-bond acceptors (Lipinski definition) is 4. The fourth-order valence-corrected chi connectivity index (χ4v) is 8.34. The zero-order chi connectivity index (χ0) is 24.0. The van der Waals surface area contributed by atoms with Crippen molar-refractivity contribution in [2.45, 2.75) is 63.6 Å². The van der Waals surface area contributed by atoms with Gasteiger partial charge in [-0.2, -0.15) is 0 Å². The van der Waals surface area contributed by atoms with Gasteiger partial charge in [-0.25, -0.2) is 0 Å². The van der Waals surface area contributed by atoms with E-state index in [9.17, 15) is 14.7 Å². The van der Waals surface area contributed by atoms with Gasteiger partial charge < -0.3 is 19.5 Å². The van der Waals surface area contributed by atoms with Crippen molar-refractivity contribution in [3.05, 3.63) is 69.3 Å². The fraction of sp³-hybridized carbons (Fsp3) is 0.500. The summed E-state index contributed by atoms with van der Waals surface area (Å²) < 4.78 is 7.70. The van der Waals surface area contributed by atoms with Crippen LogP contribution in [0.2, 0.25) is 18.6 Å². The molecule has 0 saturated carbocycles. The van der Waals surface area contributed by atoms with Crippen molar-refractivity contribution in [2.75, 3.05) is 13.2 Å². The van der Waals surface area contributed by atoms with Crippen LogP contribution in [0.3, 0.4) is 0 Å². The molecule has 2 aromatic rings. The molecule has 0 unspecified atom stereocenters. The zero-order valence-electron chi connectivity index (χ0n) is 19.8.